The minimum absolute atomic E-state index is 0.302. The van der Waals surface area contributed by atoms with Gasteiger partial charge in [0.05, 0.1) is 0 Å². The normalized spacial score (nSPS) is 10.7. The first-order valence-electron chi connectivity index (χ1n) is 6.36. The highest BCUT2D eigenvalue weighted by molar-refractivity contribution is 5.24. The Balaban J connectivity index is 1.96. The number of halogens is 1. The fraction of sp³-hybridized carbons (Fsp3) is 0.333. The Morgan fingerprint density at radius 3 is 2.89 bits per heavy atom. The summed E-state index contributed by atoms with van der Waals surface area (Å²) in [7, 11) is 0. The van der Waals surface area contributed by atoms with E-state index in [1.807, 2.05) is 13.0 Å². The average Bonchev–Trinajstić information content (AvgIpc) is 2.75. The third-order valence-corrected chi connectivity index (χ3v) is 2.81. The molecular formula is C15H18FNO2. The van der Waals surface area contributed by atoms with Gasteiger partial charge in [-0.3, -0.25) is 0 Å². The van der Waals surface area contributed by atoms with E-state index in [1.54, 1.807) is 12.1 Å². The van der Waals surface area contributed by atoms with E-state index in [9.17, 15) is 4.39 Å². The van der Waals surface area contributed by atoms with Gasteiger partial charge in [0.2, 0.25) is 0 Å². The van der Waals surface area contributed by atoms with E-state index < -0.39 is 0 Å². The first kappa shape index (κ1) is 13.6. The summed E-state index contributed by atoms with van der Waals surface area (Å²) in [6, 6.07) is 8.05. The Labute approximate surface area is 112 Å². The molecule has 1 aromatic heterocycles. The van der Waals surface area contributed by atoms with E-state index in [0.717, 1.165) is 30.2 Å². The molecule has 19 heavy (non-hydrogen) atoms. The van der Waals surface area contributed by atoms with Crippen molar-refractivity contribution < 1.29 is 13.5 Å². The molecule has 1 heterocycles. The van der Waals surface area contributed by atoms with Crippen molar-refractivity contribution in [3.05, 3.63) is 53.2 Å². The highest BCUT2D eigenvalue weighted by Gasteiger charge is 2.07. The van der Waals surface area contributed by atoms with Crippen molar-refractivity contribution in [3.63, 3.8) is 0 Å². The molecule has 0 amide bonds. The maximum atomic E-state index is 13.0. The SMILES string of the molecule is CCNCc1cc(COc2cccc(F)c2)oc1C. The van der Waals surface area contributed by atoms with Crippen molar-refractivity contribution in [2.75, 3.05) is 6.54 Å². The molecule has 0 saturated carbocycles. The topological polar surface area (TPSA) is 34.4 Å². The molecule has 0 aliphatic rings. The molecule has 0 unspecified atom stereocenters. The standard InChI is InChI=1S/C15H18FNO2/c1-3-17-9-12-7-15(19-11(12)2)10-18-14-6-4-5-13(16)8-14/h4-8,17H,3,9-10H2,1-2H3. The van der Waals surface area contributed by atoms with Gasteiger partial charge >= 0.3 is 0 Å². The van der Waals surface area contributed by atoms with Crippen LogP contribution in [0.5, 0.6) is 5.75 Å². The highest BCUT2D eigenvalue weighted by Crippen LogP contribution is 2.18. The predicted octanol–water partition coefficient (Wildman–Crippen LogP) is 3.42. The fourth-order valence-electron chi connectivity index (χ4n) is 1.81. The molecule has 0 atom stereocenters. The molecule has 0 bridgehead atoms. The second-order valence-corrected chi connectivity index (χ2v) is 4.32. The molecule has 0 fully saturated rings. The van der Waals surface area contributed by atoms with Crippen molar-refractivity contribution in [1.82, 2.24) is 5.32 Å². The molecule has 102 valence electrons. The van der Waals surface area contributed by atoms with Crippen molar-refractivity contribution in [3.8, 4) is 5.75 Å². The summed E-state index contributed by atoms with van der Waals surface area (Å²) >= 11 is 0. The number of rotatable bonds is 6. The first-order valence-corrected chi connectivity index (χ1v) is 6.36. The van der Waals surface area contributed by atoms with Gasteiger partial charge in [0.15, 0.2) is 0 Å². The van der Waals surface area contributed by atoms with E-state index in [2.05, 4.69) is 12.2 Å². The van der Waals surface area contributed by atoms with E-state index in [4.69, 9.17) is 9.15 Å². The number of ether oxygens (including phenoxy) is 1. The van der Waals surface area contributed by atoms with Crippen LogP contribution in [0.3, 0.4) is 0 Å². The lowest BCUT2D eigenvalue weighted by atomic mass is 10.2. The molecule has 1 aromatic carbocycles. The Morgan fingerprint density at radius 1 is 1.32 bits per heavy atom. The van der Waals surface area contributed by atoms with Gasteiger partial charge < -0.3 is 14.5 Å². The van der Waals surface area contributed by atoms with Gasteiger partial charge in [-0.25, -0.2) is 4.39 Å². The Hall–Kier alpha value is -1.81. The van der Waals surface area contributed by atoms with Crippen LogP contribution in [0, 0.1) is 12.7 Å². The molecule has 2 rings (SSSR count). The molecule has 0 spiro atoms. The Bertz CT molecular complexity index is 537. The smallest absolute Gasteiger partial charge is 0.146 e. The number of hydrogen-bond donors (Lipinski definition) is 1. The zero-order valence-electron chi connectivity index (χ0n) is 11.2. The molecular weight excluding hydrogens is 245 g/mol. The van der Waals surface area contributed by atoms with Crippen LogP contribution in [-0.2, 0) is 13.2 Å². The van der Waals surface area contributed by atoms with Gasteiger partial charge in [0.1, 0.15) is 29.7 Å². The molecule has 0 saturated heterocycles. The van der Waals surface area contributed by atoms with Crippen LogP contribution >= 0.6 is 0 Å². The average molecular weight is 263 g/mol. The number of aryl methyl sites for hydroxylation is 1. The molecule has 4 heteroatoms. The van der Waals surface area contributed by atoms with Crippen molar-refractivity contribution in [2.24, 2.45) is 0 Å². The molecule has 3 nitrogen and oxygen atoms in total. The number of furan rings is 1. The minimum atomic E-state index is -0.305. The summed E-state index contributed by atoms with van der Waals surface area (Å²) in [5.74, 6) is 1.83. The summed E-state index contributed by atoms with van der Waals surface area (Å²) in [4.78, 5) is 0. The lowest BCUT2D eigenvalue weighted by Gasteiger charge is -2.03. The third kappa shape index (κ3) is 3.83. The van der Waals surface area contributed by atoms with Gasteiger partial charge in [-0.2, -0.15) is 0 Å². The van der Waals surface area contributed by atoms with Crippen LogP contribution in [0.1, 0.15) is 24.0 Å². The van der Waals surface area contributed by atoms with Crippen molar-refractivity contribution >= 4 is 0 Å². The van der Waals surface area contributed by atoms with Crippen LogP contribution in [0.2, 0.25) is 0 Å². The fourth-order valence-corrected chi connectivity index (χ4v) is 1.81. The summed E-state index contributed by atoms with van der Waals surface area (Å²) < 4.78 is 24.1. The molecule has 0 aliphatic carbocycles. The monoisotopic (exact) mass is 263 g/mol. The van der Waals surface area contributed by atoms with Crippen molar-refractivity contribution in [1.29, 1.82) is 0 Å². The van der Waals surface area contributed by atoms with Gasteiger partial charge in [-0.15, -0.1) is 0 Å². The zero-order chi connectivity index (χ0) is 13.7. The molecule has 2 aromatic rings. The zero-order valence-corrected chi connectivity index (χ0v) is 11.2. The Kier molecular flexibility index (Phi) is 4.58. The van der Waals surface area contributed by atoms with Crippen LogP contribution in [-0.4, -0.2) is 6.54 Å². The Morgan fingerprint density at radius 2 is 2.16 bits per heavy atom. The van der Waals surface area contributed by atoms with Gasteiger partial charge in [0.25, 0.3) is 0 Å². The number of benzene rings is 1. The summed E-state index contributed by atoms with van der Waals surface area (Å²) in [6.07, 6.45) is 0. The number of hydrogen-bond acceptors (Lipinski definition) is 3. The minimum Gasteiger partial charge on any atom is -0.486 e. The molecule has 1 N–H and O–H groups in total. The summed E-state index contributed by atoms with van der Waals surface area (Å²) in [5.41, 5.74) is 1.12. The maximum Gasteiger partial charge on any atom is 0.146 e. The summed E-state index contributed by atoms with van der Waals surface area (Å²) in [5, 5.41) is 3.25. The van der Waals surface area contributed by atoms with E-state index in [0.29, 0.717) is 12.4 Å². The molecule has 0 aliphatic heterocycles. The quantitative estimate of drug-likeness (QED) is 0.867. The van der Waals surface area contributed by atoms with Crippen molar-refractivity contribution in [2.45, 2.75) is 27.0 Å². The molecule has 0 radical (unpaired) electrons. The summed E-state index contributed by atoms with van der Waals surface area (Å²) in [6.45, 7) is 5.99. The van der Waals surface area contributed by atoms with Crippen LogP contribution in [0.25, 0.3) is 0 Å². The van der Waals surface area contributed by atoms with Gasteiger partial charge in [0, 0.05) is 18.2 Å². The second kappa shape index (κ2) is 6.38. The number of nitrogens with one attached hydrogen (secondary N) is 1. The van der Waals surface area contributed by atoms with E-state index >= 15 is 0 Å². The lowest BCUT2D eigenvalue weighted by molar-refractivity contribution is 0.266. The lowest BCUT2D eigenvalue weighted by Crippen LogP contribution is -2.11. The van der Waals surface area contributed by atoms with Crippen LogP contribution in [0.15, 0.2) is 34.7 Å². The highest BCUT2D eigenvalue weighted by atomic mass is 19.1. The predicted molar refractivity (Wildman–Crippen MR) is 71.6 cm³/mol. The first-order chi connectivity index (χ1) is 9.19. The van der Waals surface area contributed by atoms with Crippen LogP contribution in [0.4, 0.5) is 4.39 Å². The maximum absolute atomic E-state index is 13.0. The van der Waals surface area contributed by atoms with Gasteiger partial charge in [-0.1, -0.05) is 13.0 Å². The van der Waals surface area contributed by atoms with Crippen LogP contribution < -0.4 is 10.1 Å². The largest absolute Gasteiger partial charge is 0.486 e. The van der Waals surface area contributed by atoms with E-state index in [1.165, 1.54) is 12.1 Å². The van der Waals surface area contributed by atoms with E-state index in [-0.39, 0.29) is 5.82 Å². The second-order valence-electron chi connectivity index (χ2n) is 4.32. The van der Waals surface area contributed by atoms with Gasteiger partial charge in [-0.05, 0) is 31.7 Å². The third-order valence-electron chi connectivity index (χ3n) is 2.81.